The Balaban J connectivity index is 1.95. The highest BCUT2D eigenvalue weighted by atomic mass is 32.1. The Morgan fingerprint density at radius 3 is 2.81 bits per heavy atom. The number of benzene rings is 1. The standard InChI is InChI=1S/C18H18N2O5S/c1-25-14-5-2-4-11(18(14)24)13-10-12(15-6-3-9-26-15)19-20(13)16(21)7-8-17(22)23/h2-6,9,13,24H,7-8,10H2,1H3,(H,22,23)/p-1/t13-/m1/s1. The van der Waals surface area contributed by atoms with Crippen LogP contribution in [0.15, 0.2) is 40.8 Å². The van der Waals surface area contributed by atoms with Crippen LogP contribution in [-0.2, 0) is 9.59 Å². The monoisotopic (exact) mass is 373 g/mol. The van der Waals surface area contributed by atoms with Crippen molar-refractivity contribution < 1.29 is 24.5 Å². The fourth-order valence-electron chi connectivity index (χ4n) is 2.87. The molecule has 1 N–H and O–H groups in total. The third-order valence-corrected chi connectivity index (χ3v) is 5.04. The van der Waals surface area contributed by atoms with E-state index >= 15 is 0 Å². The number of amides is 1. The molecule has 0 radical (unpaired) electrons. The molecule has 1 aliphatic heterocycles. The lowest BCUT2D eigenvalue weighted by Crippen LogP contribution is -2.30. The summed E-state index contributed by atoms with van der Waals surface area (Å²) in [7, 11) is 1.45. The van der Waals surface area contributed by atoms with Gasteiger partial charge in [-0.15, -0.1) is 11.3 Å². The summed E-state index contributed by atoms with van der Waals surface area (Å²) in [5.41, 5.74) is 1.22. The number of hydrogen-bond donors (Lipinski definition) is 1. The number of carbonyl (C=O) groups excluding carboxylic acids is 2. The van der Waals surface area contributed by atoms with Crippen LogP contribution in [0.25, 0.3) is 0 Å². The first-order chi connectivity index (χ1) is 12.5. The summed E-state index contributed by atoms with van der Waals surface area (Å²) in [6.07, 6.45) is -0.181. The van der Waals surface area contributed by atoms with E-state index in [1.807, 2.05) is 17.5 Å². The number of phenolic OH excluding ortho intramolecular Hbond substituents is 1. The molecule has 0 bridgehead atoms. The van der Waals surface area contributed by atoms with E-state index in [0.717, 1.165) is 4.88 Å². The van der Waals surface area contributed by atoms with Crippen LogP contribution in [0.2, 0.25) is 0 Å². The number of aliphatic carboxylic acids is 1. The highest BCUT2D eigenvalue weighted by molar-refractivity contribution is 7.12. The number of nitrogens with zero attached hydrogens (tertiary/aromatic N) is 2. The average molecular weight is 373 g/mol. The molecule has 2 heterocycles. The van der Waals surface area contributed by atoms with Crippen molar-refractivity contribution in [2.24, 2.45) is 5.10 Å². The number of carbonyl (C=O) groups is 2. The van der Waals surface area contributed by atoms with Crippen LogP contribution < -0.4 is 9.84 Å². The molecule has 1 aliphatic rings. The minimum absolute atomic E-state index is 0.0552. The van der Waals surface area contributed by atoms with Gasteiger partial charge < -0.3 is 19.7 Å². The van der Waals surface area contributed by atoms with Crippen LogP contribution in [-0.4, -0.2) is 34.8 Å². The minimum Gasteiger partial charge on any atom is -0.550 e. The van der Waals surface area contributed by atoms with Gasteiger partial charge >= 0.3 is 0 Å². The number of methoxy groups -OCH3 is 1. The SMILES string of the molecule is COc1cccc([C@H]2CC(c3cccs3)=NN2C(=O)CCC(=O)[O-])c1O. The Labute approximate surface area is 154 Å². The van der Waals surface area contributed by atoms with Crippen molar-refractivity contribution in [1.29, 1.82) is 0 Å². The van der Waals surface area contributed by atoms with Crippen LogP contribution in [0.1, 0.15) is 35.7 Å². The van der Waals surface area contributed by atoms with Gasteiger partial charge in [0.1, 0.15) is 0 Å². The maximum Gasteiger partial charge on any atom is 0.243 e. The van der Waals surface area contributed by atoms with Gasteiger partial charge in [0.15, 0.2) is 11.5 Å². The summed E-state index contributed by atoms with van der Waals surface area (Å²) in [6, 6.07) is 8.31. The molecule has 0 unspecified atom stereocenters. The van der Waals surface area contributed by atoms with Gasteiger partial charge in [-0.05, 0) is 23.9 Å². The van der Waals surface area contributed by atoms with Crippen molar-refractivity contribution in [3.63, 3.8) is 0 Å². The minimum atomic E-state index is -1.29. The lowest BCUT2D eigenvalue weighted by Gasteiger charge is -2.23. The maximum atomic E-state index is 12.5. The van der Waals surface area contributed by atoms with E-state index in [-0.39, 0.29) is 18.6 Å². The third-order valence-electron chi connectivity index (χ3n) is 4.12. The Bertz CT molecular complexity index is 847. The van der Waals surface area contributed by atoms with Crippen molar-refractivity contribution in [1.82, 2.24) is 5.01 Å². The van der Waals surface area contributed by atoms with E-state index in [1.165, 1.54) is 23.5 Å². The number of aromatic hydroxyl groups is 1. The number of carboxylic acid groups (broad SMARTS) is 1. The van der Waals surface area contributed by atoms with Crippen molar-refractivity contribution in [2.75, 3.05) is 7.11 Å². The summed E-state index contributed by atoms with van der Waals surface area (Å²) in [6.45, 7) is 0. The number of phenols is 1. The van der Waals surface area contributed by atoms with Crippen molar-refractivity contribution in [3.8, 4) is 11.5 Å². The van der Waals surface area contributed by atoms with E-state index in [1.54, 1.807) is 18.2 Å². The largest absolute Gasteiger partial charge is 0.550 e. The van der Waals surface area contributed by atoms with Gasteiger partial charge in [-0.25, -0.2) is 5.01 Å². The number of ether oxygens (including phenoxy) is 1. The number of thiophene rings is 1. The number of para-hydroxylation sites is 1. The molecule has 1 aromatic carbocycles. The summed E-state index contributed by atoms with van der Waals surface area (Å²) >= 11 is 1.50. The number of carboxylic acids is 1. The van der Waals surface area contributed by atoms with Crippen LogP contribution in [0, 0.1) is 0 Å². The predicted molar refractivity (Wildman–Crippen MR) is 94.0 cm³/mol. The first kappa shape index (κ1) is 17.9. The van der Waals surface area contributed by atoms with E-state index in [9.17, 15) is 19.8 Å². The lowest BCUT2D eigenvalue weighted by atomic mass is 9.99. The molecule has 0 saturated carbocycles. The van der Waals surface area contributed by atoms with Gasteiger partial charge in [0.25, 0.3) is 0 Å². The maximum absolute atomic E-state index is 12.5. The summed E-state index contributed by atoms with van der Waals surface area (Å²) < 4.78 is 5.14. The molecule has 0 aliphatic carbocycles. The average Bonchev–Trinajstić information content (AvgIpc) is 3.29. The first-order valence-electron chi connectivity index (χ1n) is 8.00. The van der Waals surface area contributed by atoms with Crippen molar-refractivity contribution >= 4 is 28.9 Å². The second-order valence-corrected chi connectivity index (χ2v) is 6.70. The molecule has 1 atom stereocenters. The second kappa shape index (κ2) is 7.57. The molecule has 136 valence electrons. The Morgan fingerprint density at radius 2 is 2.15 bits per heavy atom. The zero-order chi connectivity index (χ0) is 18.7. The summed E-state index contributed by atoms with van der Waals surface area (Å²) in [4.78, 5) is 24.1. The Kier molecular flexibility index (Phi) is 5.22. The summed E-state index contributed by atoms with van der Waals surface area (Å²) in [5, 5.41) is 28.7. The van der Waals surface area contributed by atoms with Crippen LogP contribution in [0.4, 0.5) is 0 Å². The van der Waals surface area contributed by atoms with Crippen LogP contribution >= 0.6 is 11.3 Å². The molecule has 0 saturated heterocycles. The number of hydrazone groups is 1. The van der Waals surface area contributed by atoms with Gasteiger partial charge in [-0.1, -0.05) is 18.2 Å². The van der Waals surface area contributed by atoms with Crippen LogP contribution in [0.5, 0.6) is 11.5 Å². The molecule has 7 nitrogen and oxygen atoms in total. The topological polar surface area (TPSA) is 102 Å². The second-order valence-electron chi connectivity index (χ2n) is 5.75. The molecule has 2 aromatic rings. The number of hydrogen-bond acceptors (Lipinski definition) is 7. The zero-order valence-electron chi connectivity index (χ0n) is 14.0. The molecule has 26 heavy (non-hydrogen) atoms. The van der Waals surface area contributed by atoms with Gasteiger partial charge in [0, 0.05) is 24.4 Å². The van der Waals surface area contributed by atoms with Gasteiger partial charge in [0.05, 0.1) is 23.7 Å². The molecule has 1 amide bonds. The highest BCUT2D eigenvalue weighted by Crippen LogP contribution is 2.41. The van der Waals surface area contributed by atoms with Crippen LogP contribution in [0.3, 0.4) is 0 Å². The molecule has 3 rings (SSSR count). The Hall–Kier alpha value is -2.87. The molecule has 8 heteroatoms. The molecular formula is C18H17N2O5S-. The van der Waals surface area contributed by atoms with Crippen molar-refractivity contribution in [3.05, 3.63) is 46.2 Å². The normalized spacial score (nSPS) is 16.4. The highest BCUT2D eigenvalue weighted by Gasteiger charge is 2.35. The van der Waals surface area contributed by atoms with E-state index in [4.69, 9.17) is 4.74 Å². The Morgan fingerprint density at radius 1 is 1.35 bits per heavy atom. The zero-order valence-corrected chi connectivity index (χ0v) is 14.9. The smallest absolute Gasteiger partial charge is 0.243 e. The van der Waals surface area contributed by atoms with E-state index in [2.05, 4.69) is 5.10 Å². The molecule has 0 spiro atoms. The van der Waals surface area contributed by atoms with Crippen molar-refractivity contribution in [2.45, 2.75) is 25.3 Å². The quantitative estimate of drug-likeness (QED) is 0.830. The molecular weight excluding hydrogens is 356 g/mol. The van der Waals surface area contributed by atoms with E-state index in [0.29, 0.717) is 23.4 Å². The number of rotatable bonds is 6. The fraction of sp³-hybridized carbons (Fsp3) is 0.278. The van der Waals surface area contributed by atoms with Gasteiger partial charge in [-0.2, -0.15) is 5.10 Å². The summed E-state index contributed by atoms with van der Waals surface area (Å²) in [5.74, 6) is -1.48. The fourth-order valence-corrected chi connectivity index (χ4v) is 3.59. The lowest BCUT2D eigenvalue weighted by molar-refractivity contribution is -0.305. The van der Waals surface area contributed by atoms with Gasteiger partial charge in [-0.3, -0.25) is 4.79 Å². The van der Waals surface area contributed by atoms with Gasteiger partial charge in [0.2, 0.25) is 5.91 Å². The first-order valence-corrected chi connectivity index (χ1v) is 8.88. The van der Waals surface area contributed by atoms with E-state index < -0.39 is 17.9 Å². The third kappa shape index (κ3) is 3.55. The predicted octanol–water partition coefficient (Wildman–Crippen LogP) is 1.67. The molecule has 0 fully saturated rings. The molecule has 1 aromatic heterocycles.